The summed E-state index contributed by atoms with van der Waals surface area (Å²) < 4.78 is 6.69. The van der Waals surface area contributed by atoms with Crippen LogP contribution in [0.15, 0.2) is 50.1 Å². The molecule has 0 unspecified atom stereocenters. The van der Waals surface area contributed by atoms with Crippen LogP contribution in [0.3, 0.4) is 0 Å². The van der Waals surface area contributed by atoms with Gasteiger partial charge in [-0.15, -0.1) is 0 Å². The minimum Gasteiger partial charge on any atom is -0.456 e. The van der Waals surface area contributed by atoms with Gasteiger partial charge in [-0.2, -0.15) is 10.5 Å². The Morgan fingerprint density at radius 1 is 1.00 bits per heavy atom. The number of nitrogen functional groups attached to an aromatic ring is 1. The van der Waals surface area contributed by atoms with Gasteiger partial charge in [0, 0.05) is 10.0 Å². The second-order valence-electron chi connectivity index (χ2n) is 4.89. The number of nitriles is 2. The van der Waals surface area contributed by atoms with E-state index in [4.69, 9.17) is 10.2 Å². The lowest BCUT2D eigenvalue weighted by molar-refractivity contribution is 0.597. The highest BCUT2D eigenvalue weighted by atomic mass is 79.9. The van der Waals surface area contributed by atoms with Crippen molar-refractivity contribution in [1.82, 2.24) is 4.98 Å². The second-order valence-corrected chi connectivity index (χ2v) is 5.80. The molecule has 6 nitrogen and oxygen atoms in total. The molecule has 0 bridgehead atoms. The highest BCUT2D eigenvalue weighted by Gasteiger charge is 2.21. The summed E-state index contributed by atoms with van der Waals surface area (Å²) in [5.74, 6) is 0.682. The number of anilines is 1. The first-order chi connectivity index (χ1) is 11.5. The first-order valence-electron chi connectivity index (χ1n) is 6.77. The van der Waals surface area contributed by atoms with Gasteiger partial charge >= 0.3 is 0 Å². The lowest BCUT2D eigenvalue weighted by atomic mass is 10.0. The Balaban J connectivity index is 2.21. The molecular weight excluding hydrogens is 372 g/mol. The number of nitrogens with two attached hydrogens (primary N) is 1. The number of aromatic nitrogens is 1. The normalized spacial score (nSPS) is 10.1. The zero-order valence-corrected chi connectivity index (χ0v) is 13.7. The maximum Gasteiger partial charge on any atom is 0.268 e. The van der Waals surface area contributed by atoms with Gasteiger partial charge in [0.2, 0.25) is 0 Å². The molecule has 0 radical (unpaired) electrons. The van der Waals surface area contributed by atoms with Crippen LogP contribution in [-0.4, -0.2) is 4.98 Å². The van der Waals surface area contributed by atoms with E-state index in [-0.39, 0.29) is 28.3 Å². The fourth-order valence-corrected chi connectivity index (χ4v) is 2.60. The molecule has 3 aromatic rings. The van der Waals surface area contributed by atoms with Crippen molar-refractivity contribution in [3.63, 3.8) is 0 Å². The van der Waals surface area contributed by atoms with Crippen LogP contribution in [0.2, 0.25) is 0 Å². The maximum absolute atomic E-state index is 11.9. The van der Waals surface area contributed by atoms with Gasteiger partial charge in [0.25, 0.3) is 5.56 Å². The highest BCUT2D eigenvalue weighted by molar-refractivity contribution is 9.10. The lowest BCUT2D eigenvalue weighted by Gasteiger charge is -2.06. The molecule has 116 valence electrons. The third-order valence-corrected chi connectivity index (χ3v) is 3.98. The molecule has 24 heavy (non-hydrogen) atoms. The van der Waals surface area contributed by atoms with Crippen LogP contribution in [0.25, 0.3) is 22.6 Å². The lowest BCUT2D eigenvalue weighted by Crippen LogP contribution is -2.16. The van der Waals surface area contributed by atoms with Gasteiger partial charge in [-0.25, -0.2) is 0 Å². The van der Waals surface area contributed by atoms with Gasteiger partial charge in [-0.3, -0.25) is 4.79 Å². The number of pyridine rings is 1. The standard InChI is InChI=1S/C17H9BrN4O2/c18-10-3-1-9(2-4-10)13-5-6-14(24-13)15-11(7-19)16(21)22-17(23)12(15)8-20/h1-6H,(H3,21,22,23). The van der Waals surface area contributed by atoms with E-state index in [0.717, 1.165) is 10.0 Å². The number of rotatable bonds is 2. The Kier molecular flexibility index (Phi) is 3.95. The highest BCUT2D eigenvalue weighted by Crippen LogP contribution is 2.33. The minimum absolute atomic E-state index is 0.00264. The number of nitrogens with zero attached hydrogens (tertiary/aromatic N) is 2. The van der Waals surface area contributed by atoms with Crippen molar-refractivity contribution in [2.75, 3.05) is 5.73 Å². The number of nitrogens with one attached hydrogen (secondary N) is 1. The molecule has 3 N–H and O–H groups in total. The largest absolute Gasteiger partial charge is 0.456 e. The predicted molar refractivity (Wildman–Crippen MR) is 91.7 cm³/mol. The Bertz CT molecular complexity index is 1070. The molecule has 2 aromatic heterocycles. The van der Waals surface area contributed by atoms with E-state index >= 15 is 0 Å². The molecule has 0 saturated heterocycles. The topological polar surface area (TPSA) is 120 Å². The molecular formula is C17H9BrN4O2. The van der Waals surface area contributed by atoms with Crippen molar-refractivity contribution >= 4 is 21.7 Å². The Morgan fingerprint density at radius 2 is 1.62 bits per heavy atom. The van der Waals surface area contributed by atoms with Crippen molar-refractivity contribution in [3.8, 4) is 34.8 Å². The van der Waals surface area contributed by atoms with Gasteiger partial charge in [0.05, 0.1) is 5.56 Å². The van der Waals surface area contributed by atoms with Crippen LogP contribution in [0.4, 0.5) is 5.82 Å². The van der Waals surface area contributed by atoms with Crippen LogP contribution >= 0.6 is 15.9 Å². The van der Waals surface area contributed by atoms with Gasteiger partial charge in [0.1, 0.15) is 40.6 Å². The van der Waals surface area contributed by atoms with Crippen molar-refractivity contribution < 1.29 is 4.42 Å². The third kappa shape index (κ3) is 2.58. The Morgan fingerprint density at radius 3 is 2.25 bits per heavy atom. The monoisotopic (exact) mass is 380 g/mol. The van der Waals surface area contributed by atoms with Gasteiger partial charge < -0.3 is 15.1 Å². The molecule has 3 rings (SSSR count). The predicted octanol–water partition coefficient (Wildman–Crippen LogP) is 3.39. The first kappa shape index (κ1) is 15.6. The molecule has 0 atom stereocenters. The molecule has 0 aliphatic rings. The minimum atomic E-state index is -0.661. The fraction of sp³-hybridized carbons (Fsp3) is 0. The molecule has 0 saturated carbocycles. The van der Waals surface area contributed by atoms with Gasteiger partial charge in [-0.1, -0.05) is 28.1 Å². The fourth-order valence-electron chi connectivity index (χ4n) is 2.33. The molecule has 2 heterocycles. The summed E-state index contributed by atoms with van der Waals surface area (Å²) in [5, 5.41) is 18.6. The van der Waals surface area contributed by atoms with Crippen molar-refractivity contribution in [2.45, 2.75) is 0 Å². The van der Waals surface area contributed by atoms with Crippen LogP contribution < -0.4 is 11.3 Å². The average Bonchev–Trinajstić information content (AvgIpc) is 3.04. The van der Waals surface area contributed by atoms with E-state index in [1.54, 1.807) is 18.2 Å². The number of H-pyrrole nitrogens is 1. The maximum atomic E-state index is 11.9. The molecule has 1 aromatic carbocycles. The van der Waals surface area contributed by atoms with E-state index in [2.05, 4.69) is 20.9 Å². The Hall–Kier alpha value is -3.29. The summed E-state index contributed by atoms with van der Waals surface area (Å²) >= 11 is 3.36. The van der Waals surface area contributed by atoms with Crippen molar-refractivity contribution in [2.24, 2.45) is 0 Å². The SMILES string of the molecule is N#Cc1c(N)[nH]c(=O)c(C#N)c1-c1ccc(-c2ccc(Br)cc2)o1. The molecule has 0 aliphatic heterocycles. The van der Waals surface area contributed by atoms with E-state index in [1.807, 2.05) is 30.3 Å². The van der Waals surface area contributed by atoms with E-state index in [0.29, 0.717) is 5.76 Å². The molecule has 7 heteroatoms. The summed E-state index contributed by atoms with van der Waals surface area (Å²) in [6.07, 6.45) is 0. The number of hydrogen-bond acceptors (Lipinski definition) is 5. The van der Waals surface area contributed by atoms with E-state index < -0.39 is 5.56 Å². The summed E-state index contributed by atoms with van der Waals surface area (Å²) in [6.45, 7) is 0. The second kappa shape index (κ2) is 6.07. The number of furan rings is 1. The van der Waals surface area contributed by atoms with Gasteiger partial charge in [-0.05, 0) is 24.3 Å². The first-order valence-corrected chi connectivity index (χ1v) is 7.56. The number of hydrogen-bond donors (Lipinski definition) is 2. The molecule has 0 amide bonds. The van der Waals surface area contributed by atoms with E-state index in [1.165, 1.54) is 0 Å². The van der Waals surface area contributed by atoms with Crippen molar-refractivity contribution in [3.05, 3.63) is 62.4 Å². The average molecular weight is 381 g/mol. The summed E-state index contributed by atoms with van der Waals surface area (Å²) in [6, 6.07) is 14.5. The third-order valence-electron chi connectivity index (χ3n) is 3.45. The number of benzene rings is 1. The van der Waals surface area contributed by atoms with Crippen molar-refractivity contribution in [1.29, 1.82) is 10.5 Å². The zero-order valence-electron chi connectivity index (χ0n) is 12.1. The quantitative estimate of drug-likeness (QED) is 0.705. The van der Waals surface area contributed by atoms with E-state index in [9.17, 15) is 15.3 Å². The van der Waals surface area contributed by atoms with Crippen LogP contribution in [-0.2, 0) is 0 Å². The summed E-state index contributed by atoms with van der Waals surface area (Å²) in [4.78, 5) is 14.2. The smallest absolute Gasteiger partial charge is 0.268 e. The van der Waals surface area contributed by atoms with Crippen LogP contribution in [0.5, 0.6) is 0 Å². The van der Waals surface area contributed by atoms with Crippen LogP contribution in [0, 0.1) is 22.7 Å². The molecule has 0 aliphatic carbocycles. The summed E-state index contributed by atoms with van der Waals surface area (Å²) in [5.41, 5.74) is 5.74. The zero-order chi connectivity index (χ0) is 17.3. The summed E-state index contributed by atoms with van der Waals surface area (Å²) in [7, 11) is 0. The Labute approximate surface area is 144 Å². The number of aromatic amines is 1. The number of halogens is 1. The molecule has 0 fully saturated rings. The van der Waals surface area contributed by atoms with Gasteiger partial charge in [0.15, 0.2) is 0 Å². The van der Waals surface area contributed by atoms with Crippen LogP contribution in [0.1, 0.15) is 11.1 Å². The molecule has 0 spiro atoms.